The number of rotatable bonds is 6. The van der Waals surface area contributed by atoms with Gasteiger partial charge in [-0.2, -0.15) is 0 Å². The molecule has 0 saturated carbocycles. The van der Waals surface area contributed by atoms with Crippen LogP contribution in [0.5, 0.6) is 5.75 Å². The van der Waals surface area contributed by atoms with E-state index in [1.165, 1.54) is 19.2 Å². The van der Waals surface area contributed by atoms with E-state index >= 15 is 0 Å². The average molecular weight is 269 g/mol. The third-order valence-electron chi connectivity index (χ3n) is 2.79. The zero-order valence-corrected chi connectivity index (χ0v) is 11.7. The topological polar surface area (TPSA) is 47.6 Å². The van der Waals surface area contributed by atoms with Crippen molar-refractivity contribution in [2.24, 2.45) is 0 Å². The van der Waals surface area contributed by atoms with E-state index in [2.05, 4.69) is 10.1 Å². The fourth-order valence-corrected chi connectivity index (χ4v) is 1.79. The second-order valence-electron chi connectivity index (χ2n) is 4.24. The van der Waals surface area contributed by atoms with Crippen LogP contribution < -0.4 is 10.1 Å². The molecule has 2 atom stereocenters. The summed E-state index contributed by atoms with van der Waals surface area (Å²) in [5.74, 6) is -0.544. The van der Waals surface area contributed by atoms with Gasteiger partial charge in [0.1, 0.15) is 11.6 Å². The van der Waals surface area contributed by atoms with Gasteiger partial charge in [0.25, 0.3) is 0 Å². The van der Waals surface area contributed by atoms with Gasteiger partial charge in [-0.1, -0.05) is 13.0 Å². The number of carbonyl (C=O) groups is 1. The molecular weight excluding hydrogens is 249 g/mol. The maximum Gasteiger partial charge on any atom is 0.346 e. The van der Waals surface area contributed by atoms with Crippen molar-refractivity contribution in [3.8, 4) is 5.75 Å². The highest BCUT2D eigenvalue weighted by atomic mass is 19.1. The molecule has 0 bridgehead atoms. The zero-order chi connectivity index (χ0) is 14.4. The first-order valence-electron chi connectivity index (χ1n) is 6.26. The van der Waals surface area contributed by atoms with Crippen molar-refractivity contribution in [1.82, 2.24) is 5.32 Å². The Morgan fingerprint density at radius 2 is 2.11 bits per heavy atom. The second-order valence-corrected chi connectivity index (χ2v) is 4.24. The lowest BCUT2D eigenvalue weighted by Crippen LogP contribution is -2.26. The summed E-state index contributed by atoms with van der Waals surface area (Å²) in [5, 5.41) is 3.22. The average Bonchev–Trinajstić information content (AvgIpc) is 2.38. The van der Waals surface area contributed by atoms with E-state index in [1.807, 2.05) is 13.8 Å². The largest absolute Gasteiger partial charge is 0.479 e. The minimum atomic E-state index is -0.778. The fraction of sp³-hybridized carbons (Fsp3) is 0.500. The Bertz CT molecular complexity index is 437. The number of methoxy groups -OCH3 is 1. The first-order chi connectivity index (χ1) is 8.99. The molecule has 1 aromatic carbocycles. The number of benzene rings is 1. The summed E-state index contributed by atoms with van der Waals surface area (Å²) in [7, 11) is 1.29. The molecule has 1 N–H and O–H groups in total. The number of esters is 1. The number of hydrogen-bond donors (Lipinski definition) is 1. The van der Waals surface area contributed by atoms with Crippen molar-refractivity contribution in [3.05, 3.63) is 29.6 Å². The predicted octanol–water partition coefficient (Wildman–Crippen LogP) is 2.44. The summed E-state index contributed by atoms with van der Waals surface area (Å²) < 4.78 is 23.4. The maximum absolute atomic E-state index is 13.3. The van der Waals surface area contributed by atoms with Crippen LogP contribution in [0.4, 0.5) is 4.39 Å². The lowest BCUT2D eigenvalue weighted by atomic mass is 10.1. The first kappa shape index (κ1) is 15.4. The van der Waals surface area contributed by atoms with Gasteiger partial charge in [-0.3, -0.25) is 0 Å². The number of halogens is 1. The molecule has 0 fully saturated rings. The molecule has 4 nitrogen and oxygen atoms in total. The Hall–Kier alpha value is -1.62. The summed E-state index contributed by atoms with van der Waals surface area (Å²) in [6.45, 7) is 6.28. The van der Waals surface area contributed by atoms with Gasteiger partial charge >= 0.3 is 5.97 Å². The standard InChI is InChI=1S/C14H20FNO3/c1-5-16-9(2)12-7-6-11(15)8-13(12)19-10(3)14(17)18-4/h6-10,16H,5H2,1-4H3. The van der Waals surface area contributed by atoms with Crippen LogP contribution in [0, 0.1) is 5.82 Å². The van der Waals surface area contributed by atoms with Crippen LogP contribution in [0.25, 0.3) is 0 Å². The van der Waals surface area contributed by atoms with E-state index in [0.717, 1.165) is 12.1 Å². The van der Waals surface area contributed by atoms with Crippen LogP contribution in [0.3, 0.4) is 0 Å². The number of ether oxygens (including phenoxy) is 2. The molecule has 0 amide bonds. The molecule has 5 heteroatoms. The molecule has 1 aromatic rings. The van der Waals surface area contributed by atoms with E-state index in [1.54, 1.807) is 13.0 Å². The molecule has 1 rings (SSSR count). The molecule has 0 aromatic heterocycles. The number of nitrogens with one attached hydrogen (secondary N) is 1. The minimum Gasteiger partial charge on any atom is -0.479 e. The van der Waals surface area contributed by atoms with Gasteiger partial charge < -0.3 is 14.8 Å². The molecule has 0 aliphatic rings. The van der Waals surface area contributed by atoms with Crippen molar-refractivity contribution >= 4 is 5.97 Å². The highest BCUT2D eigenvalue weighted by molar-refractivity contribution is 5.74. The highest BCUT2D eigenvalue weighted by Crippen LogP contribution is 2.27. The summed E-state index contributed by atoms with van der Waals surface area (Å²) in [6.07, 6.45) is -0.778. The smallest absolute Gasteiger partial charge is 0.346 e. The Kier molecular flexibility index (Phi) is 5.76. The fourth-order valence-electron chi connectivity index (χ4n) is 1.79. The van der Waals surface area contributed by atoms with E-state index in [-0.39, 0.29) is 6.04 Å². The third-order valence-corrected chi connectivity index (χ3v) is 2.79. The van der Waals surface area contributed by atoms with Crippen molar-refractivity contribution in [3.63, 3.8) is 0 Å². The molecule has 106 valence electrons. The Morgan fingerprint density at radius 1 is 1.42 bits per heavy atom. The highest BCUT2D eigenvalue weighted by Gasteiger charge is 2.19. The summed E-state index contributed by atoms with van der Waals surface area (Å²) in [4.78, 5) is 11.4. The molecule has 0 aliphatic heterocycles. The van der Waals surface area contributed by atoms with Crippen LogP contribution in [0.2, 0.25) is 0 Å². The van der Waals surface area contributed by atoms with E-state index in [9.17, 15) is 9.18 Å². The quantitative estimate of drug-likeness (QED) is 0.806. The zero-order valence-electron chi connectivity index (χ0n) is 11.7. The monoisotopic (exact) mass is 269 g/mol. The Labute approximate surface area is 112 Å². The van der Waals surface area contributed by atoms with Crippen molar-refractivity contribution in [2.75, 3.05) is 13.7 Å². The Morgan fingerprint density at radius 3 is 2.68 bits per heavy atom. The molecular formula is C14H20FNO3. The molecule has 0 heterocycles. The molecule has 0 radical (unpaired) electrons. The van der Waals surface area contributed by atoms with Crippen LogP contribution in [-0.2, 0) is 9.53 Å². The number of carbonyl (C=O) groups excluding carboxylic acids is 1. The lowest BCUT2D eigenvalue weighted by molar-refractivity contribution is -0.147. The predicted molar refractivity (Wildman–Crippen MR) is 70.6 cm³/mol. The van der Waals surface area contributed by atoms with E-state index in [4.69, 9.17) is 4.74 Å². The molecule has 0 aliphatic carbocycles. The number of hydrogen-bond acceptors (Lipinski definition) is 4. The van der Waals surface area contributed by atoms with Gasteiger partial charge in [0, 0.05) is 17.7 Å². The van der Waals surface area contributed by atoms with Crippen molar-refractivity contribution in [1.29, 1.82) is 0 Å². The van der Waals surface area contributed by atoms with Crippen LogP contribution >= 0.6 is 0 Å². The van der Waals surface area contributed by atoms with Gasteiger partial charge in [-0.15, -0.1) is 0 Å². The van der Waals surface area contributed by atoms with Gasteiger partial charge in [0.2, 0.25) is 0 Å². The summed E-state index contributed by atoms with van der Waals surface area (Å²) in [6, 6.07) is 4.31. The van der Waals surface area contributed by atoms with Crippen molar-refractivity contribution in [2.45, 2.75) is 32.9 Å². The lowest BCUT2D eigenvalue weighted by Gasteiger charge is -2.20. The molecule has 0 spiro atoms. The van der Waals surface area contributed by atoms with Gasteiger partial charge in [-0.05, 0) is 26.5 Å². The third kappa shape index (κ3) is 4.21. The van der Waals surface area contributed by atoms with E-state index in [0.29, 0.717) is 5.75 Å². The normalized spacial score (nSPS) is 13.7. The Balaban J connectivity index is 2.97. The van der Waals surface area contributed by atoms with Crippen molar-refractivity contribution < 1.29 is 18.7 Å². The van der Waals surface area contributed by atoms with Gasteiger partial charge in [0.15, 0.2) is 6.10 Å². The first-order valence-corrected chi connectivity index (χ1v) is 6.26. The van der Waals surface area contributed by atoms with Crippen LogP contribution in [-0.4, -0.2) is 25.7 Å². The van der Waals surface area contributed by atoms with Crippen LogP contribution in [0.1, 0.15) is 32.4 Å². The maximum atomic E-state index is 13.3. The SMILES string of the molecule is CCNC(C)c1ccc(F)cc1OC(C)C(=O)OC. The van der Waals surface area contributed by atoms with E-state index < -0.39 is 17.9 Å². The van der Waals surface area contributed by atoms with Crippen LogP contribution in [0.15, 0.2) is 18.2 Å². The molecule has 19 heavy (non-hydrogen) atoms. The van der Waals surface area contributed by atoms with Gasteiger partial charge in [-0.25, -0.2) is 9.18 Å². The summed E-state index contributed by atoms with van der Waals surface area (Å²) in [5.41, 5.74) is 0.805. The second kappa shape index (κ2) is 7.09. The molecule has 0 saturated heterocycles. The minimum absolute atomic E-state index is 0.00504. The molecule has 2 unspecified atom stereocenters. The van der Waals surface area contributed by atoms with Gasteiger partial charge in [0.05, 0.1) is 7.11 Å². The summed E-state index contributed by atoms with van der Waals surface area (Å²) >= 11 is 0.